The molecule has 1 saturated heterocycles. The third-order valence-corrected chi connectivity index (χ3v) is 7.13. The van der Waals surface area contributed by atoms with E-state index >= 15 is 0 Å². The molecule has 1 fully saturated rings. The molecule has 32 heavy (non-hydrogen) atoms. The van der Waals surface area contributed by atoms with Crippen LogP contribution in [0.1, 0.15) is 56.1 Å². The third kappa shape index (κ3) is 6.42. The lowest BCUT2D eigenvalue weighted by Crippen LogP contribution is -2.35. The quantitative estimate of drug-likeness (QED) is 0.271. The number of ether oxygens (including phenoxy) is 3. The fourth-order valence-corrected chi connectivity index (χ4v) is 4.44. The van der Waals surface area contributed by atoms with Gasteiger partial charge in [-0.3, -0.25) is 0 Å². The summed E-state index contributed by atoms with van der Waals surface area (Å²) >= 11 is 2.24. The highest BCUT2D eigenvalue weighted by Crippen LogP contribution is 2.33. The molecule has 0 N–H and O–H groups in total. The van der Waals surface area contributed by atoms with Crippen molar-refractivity contribution in [2.45, 2.75) is 57.7 Å². The molecule has 0 aliphatic carbocycles. The van der Waals surface area contributed by atoms with Crippen LogP contribution in [0.5, 0.6) is 0 Å². The molecule has 0 amide bonds. The zero-order valence-corrected chi connectivity index (χ0v) is 21.1. The summed E-state index contributed by atoms with van der Waals surface area (Å²) in [6.45, 7) is 9.17. The minimum Gasteiger partial charge on any atom is -0.381 e. The van der Waals surface area contributed by atoms with Gasteiger partial charge in [-0.2, -0.15) is 8.78 Å². The number of alkyl halides is 1. The van der Waals surface area contributed by atoms with Crippen molar-refractivity contribution in [1.29, 1.82) is 0 Å². The average molecular weight is 560 g/mol. The lowest BCUT2D eigenvalue weighted by atomic mass is 9.95. The summed E-state index contributed by atoms with van der Waals surface area (Å²) in [6.07, 6.45) is 4.21. The zero-order valence-electron chi connectivity index (χ0n) is 18.9. The maximum absolute atomic E-state index is 13.0. The Kier molecular flexibility index (Phi) is 8.94. The van der Waals surface area contributed by atoms with Crippen LogP contribution in [0.3, 0.4) is 0 Å². The number of hydrogen-bond donors (Lipinski definition) is 0. The number of rotatable bonds is 1. The van der Waals surface area contributed by atoms with Gasteiger partial charge in [0.1, 0.15) is 11.2 Å². The van der Waals surface area contributed by atoms with Crippen LogP contribution >= 0.6 is 22.6 Å². The van der Waals surface area contributed by atoms with E-state index in [-0.39, 0.29) is 0 Å². The van der Waals surface area contributed by atoms with Crippen LogP contribution in [0.4, 0.5) is 8.78 Å². The smallest absolute Gasteiger partial charge is 0.213 e. The third-order valence-electron chi connectivity index (χ3n) is 5.67. The summed E-state index contributed by atoms with van der Waals surface area (Å²) in [5.41, 5.74) is 2.83. The van der Waals surface area contributed by atoms with Gasteiger partial charge in [0.2, 0.25) is 11.9 Å². The Bertz CT molecular complexity index is 901. The van der Waals surface area contributed by atoms with Crippen molar-refractivity contribution in [2.75, 3.05) is 30.9 Å². The molecule has 0 aromatic carbocycles. The highest BCUT2D eigenvalue weighted by atomic mass is 127. The molecule has 0 spiro atoms. The van der Waals surface area contributed by atoms with E-state index in [9.17, 15) is 8.78 Å². The van der Waals surface area contributed by atoms with Crippen molar-refractivity contribution in [3.05, 3.63) is 58.7 Å². The van der Waals surface area contributed by atoms with E-state index in [4.69, 9.17) is 14.2 Å². The minimum absolute atomic E-state index is 0.420. The topological polar surface area (TPSA) is 53.5 Å². The average Bonchev–Trinajstić information content (AvgIpc) is 3.36. The van der Waals surface area contributed by atoms with Gasteiger partial charge in [-0.05, 0) is 69.7 Å². The standard InChI is InChI=1S/C10H11FINO.C10H12FNO.C4H8O/c1-10(6-12)9-7(4-5-14-10)2-3-8(11)13-9;1-10(2)9-7(5-6-13-10)3-4-8(11)12-9;1-2-4-5-3-1/h2-3H,4-6H2,1H3;3-4H,5-6H2,1-2H3;1-4H2. The maximum Gasteiger partial charge on any atom is 0.213 e. The van der Waals surface area contributed by atoms with Gasteiger partial charge >= 0.3 is 0 Å². The molecule has 5 nitrogen and oxygen atoms in total. The minimum atomic E-state index is -0.449. The lowest BCUT2D eigenvalue weighted by molar-refractivity contribution is -0.0356. The van der Waals surface area contributed by atoms with Gasteiger partial charge in [0.05, 0.1) is 24.6 Å². The van der Waals surface area contributed by atoms with E-state index in [2.05, 4.69) is 32.6 Å². The number of pyridine rings is 2. The molecule has 0 bridgehead atoms. The number of halogens is 3. The molecule has 176 valence electrons. The maximum atomic E-state index is 13.0. The SMILES string of the molecule is C1CCOC1.CC1(C)OCCc2ccc(F)nc21.CC1(CI)OCCc2ccc(F)nc21. The summed E-state index contributed by atoms with van der Waals surface area (Å²) in [6, 6.07) is 6.42. The first-order valence-corrected chi connectivity index (χ1v) is 12.5. The predicted molar refractivity (Wildman–Crippen MR) is 127 cm³/mol. The van der Waals surface area contributed by atoms with E-state index in [1.54, 1.807) is 6.07 Å². The molecule has 2 aromatic rings. The van der Waals surface area contributed by atoms with Crippen LogP contribution in [-0.4, -0.2) is 40.8 Å². The molecule has 0 radical (unpaired) electrons. The first kappa shape index (κ1) is 25.4. The normalized spacial score (nSPS) is 23.1. The summed E-state index contributed by atoms with van der Waals surface area (Å²) in [7, 11) is 0. The second-order valence-corrected chi connectivity index (χ2v) is 9.44. The fourth-order valence-electron chi connectivity index (χ4n) is 3.86. The molecule has 5 heterocycles. The summed E-state index contributed by atoms with van der Waals surface area (Å²) in [4.78, 5) is 7.82. The molecule has 8 heteroatoms. The van der Waals surface area contributed by atoms with Crippen LogP contribution in [0.25, 0.3) is 0 Å². The Morgan fingerprint density at radius 1 is 0.812 bits per heavy atom. The zero-order chi connectivity index (χ0) is 23.2. The van der Waals surface area contributed by atoms with Crippen LogP contribution in [0.15, 0.2) is 24.3 Å². The number of nitrogens with zero attached hydrogens (tertiary/aromatic N) is 2. The Morgan fingerprint density at radius 3 is 1.88 bits per heavy atom. The van der Waals surface area contributed by atoms with Crippen molar-refractivity contribution in [2.24, 2.45) is 0 Å². The molecular weight excluding hydrogens is 529 g/mol. The molecule has 3 aliphatic rings. The van der Waals surface area contributed by atoms with Crippen molar-refractivity contribution in [1.82, 2.24) is 9.97 Å². The molecule has 3 aliphatic heterocycles. The molecule has 1 atom stereocenters. The van der Waals surface area contributed by atoms with Gasteiger partial charge in [-0.25, -0.2) is 9.97 Å². The van der Waals surface area contributed by atoms with Gasteiger partial charge in [-0.1, -0.05) is 34.7 Å². The first-order valence-electron chi connectivity index (χ1n) is 11.0. The van der Waals surface area contributed by atoms with Crippen LogP contribution in [-0.2, 0) is 38.3 Å². The van der Waals surface area contributed by atoms with E-state index in [1.165, 1.54) is 25.0 Å². The second kappa shape index (κ2) is 11.3. The summed E-state index contributed by atoms with van der Waals surface area (Å²) < 4.78 is 42.8. The van der Waals surface area contributed by atoms with Gasteiger partial charge < -0.3 is 14.2 Å². The highest BCUT2D eigenvalue weighted by molar-refractivity contribution is 14.1. The number of aromatic nitrogens is 2. The van der Waals surface area contributed by atoms with Gasteiger partial charge in [-0.15, -0.1) is 0 Å². The van der Waals surface area contributed by atoms with Crippen molar-refractivity contribution in [3.8, 4) is 0 Å². The van der Waals surface area contributed by atoms with Crippen molar-refractivity contribution in [3.63, 3.8) is 0 Å². The lowest BCUT2D eigenvalue weighted by Gasteiger charge is -2.33. The monoisotopic (exact) mass is 560 g/mol. The Hall–Kier alpha value is -1.23. The molecule has 2 aromatic heterocycles. The van der Waals surface area contributed by atoms with Crippen LogP contribution < -0.4 is 0 Å². The largest absolute Gasteiger partial charge is 0.381 e. The van der Waals surface area contributed by atoms with Gasteiger partial charge in [0.25, 0.3) is 0 Å². The fraction of sp³-hybridized carbons (Fsp3) is 0.583. The van der Waals surface area contributed by atoms with Crippen LogP contribution in [0, 0.1) is 11.9 Å². The van der Waals surface area contributed by atoms with E-state index < -0.39 is 23.1 Å². The highest BCUT2D eigenvalue weighted by Gasteiger charge is 2.34. The predicted octanol–water partition coefficient (Wildman–Crippen LogP) is 5.27. The number of fused-ring (bicyclic) bond motifs is 2. The summed E-state index contributed by atoms with van der Waals surface area (Å²) in [5.74, 6) is -0.859. The molecular formula is C24H31F2IN2O3. The van der Waals surface area contributed by atoms with Crippen molar-refractivity contribution >= 4 is 22.6 Å². The number of hydrogen-bond acceptors (Lipinski definition) is 5. The molecule has 0 saturated carbocycles. The first-order chi connectivity index (χ1) is 15.2. The van der Waals surface area contributed by atoms with Crippen LogP contribution in [0.2, 0.25) is 0 Å². The Labute approximate surface area is 202 Å². The summed E-state index contributed by atoms with van der Waals surface area (Å²) in [5, 5.41) is 0. The Balaban J connectivity index is 0.000000149. The second-order valence-electron chi connectivity index (χ2n) is 8.67. The molecule has 5 rings (SSSR count). The van der Waals surface area contributed by atoms with E-state index in [0.29, 0.717) is 13.2 Å². The molecule has 1 unspecified atom stereocenters. The van der Waals surface area contributed by atoms with E-state index in [0.717, 1.165) is 53.0 Å². The van der Waals surface area contributed by atoms with Gasteiger partial charge in [0, 0.05) is 17.6 Å². The Morgan fingerprint density at radius 2 is 1.34 bits per heavy atom. The van der Waals surface area contributed by atoms with Crippen molar-refractivity contribution < 1.29 is 23.0 Å². The van der Waals surface area contributed by atoms with Gasteiger partial charge in [0.15, 0.2) is 0 Å². The van der Waals surface area contributed by atoms with E-state index in [1.807, 2.05) is 26.8 Å².